The van der Waals surface area contributed by atoms with E-state index in [1.165, 1.54) is 4.31 Å². The molecule has 1 fully saturated rings. The SMILES string of the molecule is CCNC(=O)NC(=O)C(C)N1CCN(S(=O)(=O)c2ccc(C)cc2)CC1. The molecule has 0 aromatic heterocycles. The monoisotopic (exact) mass is 382 g/mol. The number of hydrogen-bond acceptors (Lipinski definition) is 5. The van der Waals surface area contributed by atoms with Crippen LogP contribution < -0.4 is 10.6 Å². The van der Waals surface area contributed by atoms with E-state index in [2.05, 4.69) is 10.6 Å². The number of hydrogen-bond donors (Lipinski definition) is 2. The van der Waals surface area contributed by atoms with Gasteiger partial charge >= 0.3 is 6.03 Å². The lowest BCUT2D eigenvalue weighted by Gasteiger charge is -2.36. The molecule has 9 heteroatoms. The number of carbonyl (C=O) groups is 2. The largest absolute Gasteiger partial charge is 0.338 e. The second-order valence-electron chi connectivity index (χ2n) is 6.28. The van der Waals surface area contributed by atoms with Crippen LogP contribution in [0.5, 0.6) is 0 Å². The first-order valence-electron chi connectivity index (χ1n) is 8.65. The Morgan fingerprint density at radius 1 is 1.12 bits per heavy atom. The minimum atomic E-state index is -3.53. The van der Waals surface area contributed by atoms with Crippen LogP contribution in [-0.2, 0) is 14.8 Å². The lowest BCUT2D eigenvalue weighted by atomic mass is 10.2. The third-order valence-corrected chi connectivity index (χ3v) is 6.35. The second-order valence-corrected chi connectivity index (χ2v) is 8.22. The summed E-state index contributed by atoms with van der Waals surface area (Å²) in [5.74, 6) is -0.397. The standard InChI is InChI=1S/C17H26N4O4S/c1-4-18-17(23)19-16(22)14(3)20-9-11-21(12-10-20)26(24,25)15-7-5-13(2)6-8-15/h5-8,14H,4,9-12H2,1-3H3,(H2,18,19,22,23). The van der Waals surface area contributed by atoms with Gasteiger partial charge < -0.3 is 5.32 Å². The molecule has 2 N–H and O–H groups in total. The first-order valence-corrected chi connectivity index (χ1v) is 10.1. The maximum Gasteiger partial charge on any atom is 0.321 e. The molecule has 0 radical (unpaired) electrons. The molecule has 1 atom stereocenters. The smallest absolute Gasteiger partial charge is 0.321 e. The average molecular weight is 382 g/mol. The van der Waals surface area contributed by atoms with E-state index in [4.69, 9.17) is 0 Å². The van der Waals surface area contributed by atoms with Crippen LogP contribution in [0.4, 0.5) is 4.79 Å². The molecule has 1 unspecified atom stereocenters. The highest BCUT2D eigenvalue weighted by molar-refractivity contribution is 7.89. The molecule has 144 valence electrons. The zero-order valence-corrected chi connectivity index (χ0v) is 16.2. The molecule has 1 aromatic carbocycles. The second kappa shape index (κ2) is 8.61. The van der Waals surface area contributed by atoms with Crippen LogP contribution in [0.2, 0.25) is 0 Å². The van der Waals surface area contributed by atoms with E-state index in [0.29, 0.717) is 32.7 Å². The molecule has 3 amide bonds. The fourth-order valence-electron chi connectivity index (χ4n) is 2.78. The van der Waals surface area contributed by atoms with Crippen molar-refractivity contribution in [2.24, 2.45) is 0 Å². The summed E-state index contributed by atoms with van der Waals surface area (Å²) in [6.07, 6.45) is 0. The van der Waals surface area contributed by atoms with Gasteiger partial charge in [0, 0.05) is 32.7 Å². The van der Waals surface area contributed by atoms with E-state index in [0.717, 1.165) is 5.56 Å². The lowest BCUT2D eigenvalue weighted by Crippen LogP contribution is -2.56. The van der Waals surface area contributed by atoms with Gasteiger partial charge in [0.05, 0.1) is 10.9 Å². The number of benzene rings is 1. The third-order valence-electron chi connectivity index (χ3n) is 4.43. The highest BCUT2D eigenvalue weighted by Crippen LogP contribution is 2.19. The summed E-state index contributed by atoms with van der Waals surface area (Å²) in [5.41, 5.74) is 1.00. The van der Waals surface area contributed by atoms with Crippen molar-refractivity contribution >= 4 is 22.0 Å². The van der Waals surface area contributed by atoms with E-state index in [9.17, 15) is 18.0 Å². The van der Waals surface area contributed by atoms with Gasteiger partial charge in [-0.05, 0) is 32.9 Å². The number of urea groups is 1. The van der Waals surface area contributed by atoms with Gasteiger partial charge in [0.15, 0.2) is 0 Å². The number of rotatable bonds is 5. The van der Waals surface area contributed by atoms with Crippen molar-refractivity contribution in [3.05, 3.63) is 29.8 Å². The van der Waals surface area contributed by atoms with Gasteiger partial charge in [-0.2, -0.15) is 4.31 Å². The molecule has 26 heavy (non-hydrogen) atoms. The van der Waals surface area contributed by atoms with Crippen LogP contribution in [0.25, 0.3) is 0 Å². The number of imide groups is 1. The van der Waals surface area contributed by atoms with E-state index >= 15 is 0 Å². The molecular formula is C17H26N4O4S. The summed E-state index contributed by atoms with van der Waals surface area (Å²) >= 11 is 0. The van der Waals surface area contributed by atoms with Crippen molar-refractivity contribution in [1.82, 2.24) is 19.8 Å². The summed E-state index contributed by atoms with van der Waals surface area (Å²) in [6.45, 7) is 7.26. The summed E-state index contributed by atoms with van der Waals surface area (Å²) in [4.78, 5) is 25.7. The molecule has 0 bridgehead atoms. The van der Waals surface area contributed by atoms with Gasteiger partial charge in [-0.25, -0.2) is 13.2 Å². The summed E-state index contributed by atoms with van der Waals surface area (Å²) in [5, 5.41) is 4.79. The van der Waals surface area contributed by atoms with Crippen LogP contribution in [0, 0.1) is 6.92 Å². The maximum atomic E-state index is 12.7. The predicted octanol–water partition coefficient (Wildman–Crippen LogP) is 0.536. The first kappa shape index (κ1) is 20.3. The number of nitrogens with zero attached hydrogens (tertiary/aromatic N) is 2. The van der Waals surface area contributed by atoms with Gasteiger partial charge in [-0.15, -0.1) is 0 Å². The zero-order chi connectivity index (χ0) is 19.3. The van der Waals surface area contributed by atoms with Gasteiger partial charge in [0.1, 0.15) is 0 Å². The Labute approximate surface area is 154 Å². The van der Waals surface area contributed by atoms with Crippen molar-refractivity contribution in [2.45, 2.75) is 31.7 Å². The summed E-state index contributed by atoms with van der Waals surface area (Å²) < 4.78 is 26.8. The van der Waals surface area contributed by atoms with Gasteiger partial charge in [-0.1, -0.05) is 17.7 Å². The highest BCUT2D eigenvalue weighted by Gasteiger charge is 2.32. The number of amides is 3. The van der Waals surface area contributed by atoms with Crippen molar-refractivity contribution in [2.75, 3.05) is 32.7 Å². The third kappa shape index (κ3) is 4.80. The van der Waals surface area contributed by atoms with Crippen LogP contribution in [0.15, 0.2) is 29.2 Å². The van der Waals surface area contributed by atoms with E-state index in [1.54, 1.807) is 38.1 Å². The molecule has 8 nitrogen and oxygen atoms in total. The molecule has 1 heterocycles. The van der Waals surface area contributed by atoms with Crippen molar-refractivity contribution < 1.29 is 18.0 Å². The Kier molecular flexibility index (Phi) is 6.74. The molecule has 0 spiro atoms. The average Bonchev–Trinajstić information content (AvgIpc) is 2.61. The fraction of sp³-hybridized carbons (Fsp3) is 0.529. The molecule has 1 saturated heterocycles. The quantitative estimate of drug-likeness (QED) is 0.774. The van der Waals surface area contributed by atoms with Gasteiger partial charge in [0.2, 0.25) is 15.9 Å². The fourth-order valence-corrected chi connectivity index (χ4v) is 4.20. The number of nitrogens with one attached hydrogen (secondary N) is 2. The molecular weight excluding hydrogens is 356 g/mol. The Morgan fingerprint density at radius 2 is 1.69 bits per heavy atom. The van der Waals surface area contributed by atoms with E-state index in [1.807, 2.05) is 11.8 Å². The summed E-state index contributed by atoms with van der Waals surface area (Å²) in [7, 11) is -3.53. The number of piperazine rings is 1. The molecule has 0 saturated carbocycles. The molecule has 1 aliphatic heterocycles. The van der Waals surface area contributed by atoms with Crippen molar-refractivity contribution in [1.29, 1.82) is 0 Å². The first-order chi connectivity index (χ1) is 12.3. The minimum Gasteiger partial charge on any atom is -0.338 e. The molecule has 1 aromatic rings. The van der Waals surface area contributed by atoms with E-state index < -0.39 is 28.0 Å². The van der Waals surface area contributed by atoms with Crippen LogP contribution >= 0.6 is 0 Å². The predicted molar refractivity (Wildman–Crippen MR) is 98.2 cm³/mol. The zero-order valence-electron chi connectivity index (χ0n) is 15.4. The topological polar surface area (TPSA) is 98.8 Å². The Hall–Kier alpha value is -1.97. The number of carbonyl (C=O) groups excluding carboxylic acids is 2. The lowest BCUT2D eigenvalue weighted by molar-refractivity contribution is -0.125. The van der Waals surface area contributed by atoms with Crippen LogP contribution in [0.1, 0.15) is 19.4 Å². The van der Waals surface area contributed by atoms with Crippen LogP contribution in [-0.4, -0.2) is 68.3 Å². The van der Waals surface area contributed by atoms with E-state index in [-0.39, 0.29) is 4.90 Å². The number of aryl methyl sites for hydroxylation is 1. The molecule has 1 aliphatic rings. The molecule has 2 rings (SSSR count). The van der Waals surface area contributed by atoms with Gasteiger partial charge in [-0.3, -0.25) is 15.0 Å². The normalized spacial score (nSPS) is 17.5. The Morgan fingerprint density at radius 3 is 2.23 bits per heavy atom. The summed E-state index contributed by atoms with van der Waals surface area (Å²) in [6, 6.07) is 5.74. The highest BCUT2D eigenvalue weighted by atomic mass is 32.2. The minimum absolute atomic E-state index is 0.276. The Bertz CT molecular complexity index is 741. The number of sulfonamides is 1. The van der Waals surface area contributed by atoms with Crippen molar-refractivity contribution in [3.8, 4) is 0 Å². The van der Waals surface area contributed by atoms with Crippen LogP contribution in [0.3, 0.4) is 0 Å². The van der Waals surface area contributed by atoms with Crippen molar-refractivity contribution in [3.63, 3.8) is 0 Å². The molecule has 0 aliphatic carbocycles. The Balaban J connectivity index is 1.94. The van der Waals surface area contributed by atoms with Gasteiger partial charge in [0.25, 0.3) is 0 Å². The maximum absolute atomic E-state index is 12.7.